The lowest BCUT2D eigenvalue weighted by molar-refractivity contribution is -0.117. The van der Waals surface area contributed by atoms with E-state index in [2.05, 4.69) is 5.32 Å². The molecule has 0 atom stereocenters. The van der Waals surface area contributed by atoms with E-state index in [1.807, 2.05) is 30.3 Å². The van der Waals surface area contributed by atoms with Crippen LogP contribution in [0.1, 0.15) is 11.1 Å². The Morgan fingerprint density at radius 1 is 1.30 bits per heavy atom. The number of carbonyl (C=O) groups excluding carboxylic acids is 1. The van der Waals surface area contributed by atoms with Crippen molar-refractivity contribution >= 4 is 12.0 Å². The number of hydrogen-bond acceptors (Lipinski definition) is 4. The standard InChI is InChI=1S/C18H16N2O3/c1-23-17-4-2-3-14(10-17)12-20-18(22)15(11-19)9-13-5-7-16(21)8-6-13/h2-10,21H,12H2,1H3,(H,20,22)/b15-9+. The van der Waals surface area contributed by atoms with E-state index in [0.29, 0.717) is 17.9 Å². The van der Waals surface area contributed by atoms with Crippen LogP contribution in [0.15, 0.2) is 54.1 Å². The SMILES string of the molecule is COc1cccc(CNC(=O)/C(C#N)=C/c2ccc(O)cc2)c1. The van der Waals surface area contributed by atoms with Gasteiger partial charge in [-0.15, -0.1) is 0 Å². The molecule has 1 amide bonds. The topological polar surface area (TPSA) is 82.3 Å². The van der Waals surface area contributed by atoms with E-state index in [1.54, 1.807) is 19.2 Å². The number of rotatable bonds is 5. The first kappa shape index (κ1) is 16.1. The van der Waals surface area contributed by atoms with E-state index in [9.17, 15) is 9.90 Å². The Bertz CT molecular complexity index is 759. The van der Waals surface area contributed by atoms with Crippen LogP contribution in [0.2, 0.25) is 0 Å². The van der Waals surface area contributed by atoms with Gasteiger partial charge in [-0.3, -0.25) is 4.79 Å². The molecule has 0 aliphatic carbocycles. The molecule has 0 saturated carbocycles. The molecule has 23 heavy (non-hydrogen) atoms. The summed E-state index contributed by atoms with van der Waals surface area (Å²) in [5.74, 6) is 0.378. The normalized spacial score (nSPS) is 10.7. The van der Waals surface area contributed by atoms with Crippen LogP contribution < -0.4 is 10.1 Å². The number of phenolic OH excluding ortho intramolecular Hbond substituents is 1. The van der Waals surface area contributed by atoms with Crippen molar-refractivity contribution < 1.29 is 14.6 Å². The van der Waals surface area contributed by atoms with Crippen LogP contribution in [-0.2, 0) is 11.3 Å². The Hall–Kier alpha value is -3.26. The van der Waals surface area contributed by atoms with Gasteiger partial charge in [-0.25, -0.2) is 0 Å². The van der Waals surface area contributed by atoms with E-state index in [4.69, 9.17) is 10.00 Å². The summed E-state index contributed by atoms with van der Waals surface area (Å²) in [5, 5.41) is 21.1. The van der Waals surface area contributed by atoms with Gasteiger partial charge in [-0.2, -0.15) is 5.26 Å². The molecule has 0 aromatic heterocycles. The first-order valence-electron chi connectivity index (χ1n) is 6.94. The zero-order chi connectivity index (χ0) is 16.7. The lowest BCUT2D eigenvalue weighted by Crippen LogP contribution is -2.23. The van der Waals surface area contributed by atoms with Crippen molar-refractivity contribution in [1.29, 1.82) is 5.26 Å². The molecule has 0 aliphatic rings. The quantitative estimate of drug-likeness (QED) is 0.657. The molecule has 0 bridgehead atoms. The summed E-state index contributed by atoms with van der Waals surface area (Å²) in [6.45, 7) is 0.296. The van der Waals surface area contributed by atoms with Crippen LogP contribution in [0, 0.1) is 11.3 Å². The number of nitrogens with zero attached hydrogens (tertiary/aromatic N) is 1. The summed E-state index contributed by atoms with van der Waals surface area (Å²) in [6, 6.07) is 15.5. The Kier molecular flexibility index (Phi) is 5.37. The zero-order valence-electron chi connectivity index (χ0n) is 12.6. The van der Waals surface area contributed by atoms with Crippen LogP contribution in [0.4, 0.5) is 0 Å². The number of benzene rings is 2. The van der Waals surface area contributed by atoms with Crippen molar-refractivity contribution in [3.05, 3.63) is 65.2 Å². The maximum absolute atomic E-state index is 12.1. The number of nitriles is 1. The second kappa shape index (κ2) is 7.66. The van der Waals surface area contributed by atoms with Crippen LogP contribution >= 0.6 is 0 Å². The molecule has 2 rings (SSSR count). The second-order valence-corrected chi connectivity index (χ2v) is 4.80. The lowest BCUT2D eigenvalue weighted by Gasteiger charge is -2.06. The lowest BCUT2D eigenvalue weighted by atomic mass is 10.1. The highest BCUT2D eigenvalue weighted by molar-refractivity contribution is 6.01. The van der Waals surface area contributed by atoms with Gasteiger partial charge in [-0.1, -0.05) is 24.3 Å². The number of ether oxygens (including phenoxy) is 1. The Labute approximate surface area is 134 Å². The molecule has 0 fully saturated rings. The molecule has 2 aromatic rings. The summed E-state index contributed by atoms with van der Waals surface area (Å²) in [6.07, 6.45) is 1.47. The molecule has 0 unspecified atom stereocenters. The van der Waals surface area contributed by atoms with Gasteiger partial charge in [0.25, 0.3) is 5.91 Å². The number of amides is 1. The van der Waals surface area contributed by atoms with Crippen molar-refractivity contribution in [2.24, 2.45) is 0 Å². The number of methoxy groups -OCH3 is 1. The summed E-state index contributed by atoms with van der Waals surface area (Å²) in [7, 11) is 1.58. The van der Waals surface area contributed by atoms with Gasteiger partial charge in [0.15, 0.2) is 0 Å². The first-order chi connectivity index (χ1) is 11.1. The summed E-state index contributed by atoms with van der Waals surface area (Å²) >= 11 is 0. The van der Waals surface area contributed by atoms with Crippen molar-refractivity contribution in [2.75, 3.05) is 7.11 Å². The Balaban J connectivity index is 2.05. The maximum atomic E-state index is 12.1. The summed E-state index contributed by atoms with van der Waals surface area (Å²) in [4.78, 5) is 12.1. The molecule has 5 heteroatoms. The Morgan fingerprint density at radius 2 is 2.04 bits per heavy atom. The maximum Gasteiger partial charge on any atom is 0.262 e. The van der Waals surface area contributed by atoms with Gasteiger partial charge in [0, 0.05) is 6.54 Å². The number of nitrogens with one attached hydrogen (secondary N) is 1. The highest BCUT2D eigenvalue weighted by atomic mass is 16.5. The third-order valence-corrected chi connectivity index (χ3v) is 3.16. The van der Waals surface area contributed by atoms with Crippen LogP contribution in [0.5, 0.6) is 11.5 Å². The first-order valence-corrected chi connectivity index (χ1v) is 6.94. The van der Waals surface area contributed by atoms with E-state index in [-0.39, 0.29) is 11.3 Å². The van der Waals surface area contributed by atoms with E-state index in [1.165, 1.54) is 18.2 Å². The third kappa shape index (κ3) is 4.61. The molecule has 5 nitrogen and oxygen atoms in total. The third-order valence-electron chi connectivity index (χ3n) is 3.16. The number of hydrogen-bond donors (Lipinski definition) is 2. The molecule has 0 heterocycles. The van der Waals surface area contributed by atoms with Gasteiger partial charge in [-0.05, 0) is 41.5 Å². The molecule has 116 valence electrons. The summed E-state index contributed by atoms with van der Waals surface area (Å²) < 4.78 is 5.12. The molecule has 0 radical (unpaired) electrons. The molecule has 0 spiro atoms. The minimum atomic E-state index is -0.455. The highest BCUT2D eigenvalue weighted by Gasteiger charge is 2.09. The number of carbonyl (C=O) groups is 1. The van der Waals surface area contributed by atoms with Crippen molar-refractivity contribution in [3.63, 3.8) is 0 Å². The fourth-order valence-corrected chi connectivity index (χ4v) is 1.95. The Morgan fingerprint density at radius 3 is 2.70 bits per heavy atom. The smallest absolute Gasteiger partial charge is 0.262 e. The zero-order valence-corrected chi connectivity index (χ0v) is 12.6. The van der Waals surface area contributed by atoms with Crippen molar-refractivity contribution in [3.8, 4) is 17.6 Å². The van der Waals surface area contributed by atoms with Gasteiger partial charge < -0.3 is 15.2 Å². The summed E-state index contributed by atoms with van der Waals surface area (Å²) in [5.41, 5.74) is 1.54. The monoisotopic (exact) mass is 308 g/mol. The van der Waals surface area contributed by atoms with Gasteiger partial charge in [0.1, 0.15) is 23.1 Å². The highest BCUT2D eigenvalue weighted by Crippen LogP contribution is 2.14. The van der Waals surface area contributed by atoms with Gasteiger partial charge >= 0.3 is 0 Å². The largest absolute Gasteiger partial charge is 0.508 e. The molecule has 2 aromatic carbocycles. The van der Waals surface area contributed by atoms with E-state index >= 15 is 0 Å². The minimum Gasteiger partial charge on any atom is -0.508 e. The fraction of sp³-hybridized carbons (Fsp3) is 0.111. The minimum absolute atomic E-state index is 0.00131. The van der Waals surface area contributed by atoms with Gasteiger partial charge in [0.05, 0.1) is 7.11 Å². The van der Waals surface area contributed by atoms with Gasteiger partial charge in [0.2, 0.25) is 0 Å². The van der Waals surface area contributed by atoms with Crippen LogP contribution in [0.25, 0.3) is 6.08 Å². The average molecular weight is 308 g/mol. The fourth-order valence-electron chi connectivity index (χ4n) is 1.95. The van der Waals surface area contributed by atoms with Crippen molar-refractivity contribution in [1.82, 2.24) is 5.32 Å². The molecule has 0 aliphatic heterocycles. The second-order valence-electron chi connectivity index (χ2n) is 4.80. The number of aromatic hydroxyl groups is 1. The number of phenols is 1. The van der Waals surface area contributed by atoms with Crippen molar-refractivity contribution in [2.45, 2.75) is 6.54 Å². The predicted octanol–water partition coefficient (Wildman–Crippen LogP) is 2.62. The average Bonchev–Trinajstić information content (AvgIpc) is 2.59. The van der Waals surface area contributed by atoms with E-state index in [0.717, 1.165) is 5.56 Å². The van der Waals surface area contributed by atoms with E-state index < -0.39 is 5.91 Å². The van der Waals surface area contributed by atoms with Crippen LogP contribution in [0.3, 0.4) is 0 Å². The van der Waals surface area contributed by atoms with Crippen LogP contribution in [-0.4, -0.2) is 18.1 Å². The molecule has 0 saturated heterocycles. The predicted molar refractivity (Wildman–Crippen MR) is 86.5 cm³/mol. The molecular weight excluding hydrogens is 292 g/mol. The molecule has 2 N–H and O–H groups in total. The molecular formula is C18H16N2O3.